The van der Waals surface area contributed by atoms with Crippen molar-refractivity contribution in [2.24, 2.45) is 5.92 Å². The lowest BCUT2D eigenvalue weighted by Crippen LogP contribution is -2.50. The van der Waals surface area contributed by atoms with E-state index in [2.05, 4.69) is 5.32 Å². The minimum Gasteiger partial charge on any atom is -0.462 e. The molecule has 2 aromatic rings. The van der Waals surface area contributed by atoms with Crippen molar-refractivity contribution in [1.82, 2.24) is 4.90 Å². The van der Waals surface area contributed by atoms with Crippen LogP contribution in [0.4, 0.5) is 5.00 Å². The third kappa shape index (κ3) is 3.54. The summed E-state index contributed by atoms with van der Waals surface area (Å²) in [4.78, 5) is 53.9. The predicted molar refractivity (Wildman–Crippen MR) is 116 cm³/mol. The first kappa shape index (κ1) is 21.2. The number of carbonyl (C=O) groups excluding carboxylic acids is 4. The summed E-state index contributed by atoms with van der Waals surface area (Å²) >= 11 is 1.37. The number of amides is 3. The Labute approximate surface area is 184 Å². The van der Waals surface area contributed by atoms with Crippen molar-refractivity contribution in [3.63, 3.8) is 0 Å². The number of fused-ring (bicyclic) bond motifs is 2. The monoisotopic (exact) mass is 440 g/mol. The van der Waals surface area contributed by atoms with Gasteiger partial charge >= 0.3 is 5.97 Å². The highest BCUT2D eigenvalue weighted by molar-refractivity contribution is 7.17. The van der Waals surface area contributed by atoms with Crippen LogP contribution in [0.5, 0.6) is 0 Å². The molecule has 2 aliphatic rings. The van der Waals surface area contributed by atoms with Gasteiger partial charge in [-0.3, -0.25) is 19.3 Å². The lowest BCUT2D eigenvalue weighted by Gasteiger charge is -2.28. The first-order valence-electron chi connectivity index (χ1n) is 10.4. The van der Waals surface area contributed by atoms with Crippen molar-refractivity contribution >= 4 is 40.0 Å². The van der Waals surface area contributed by atoms with Crippen LogP contribution < -0.4 is 5.32 Å². The van der Waals surface area contributed by atoms with Gasteiger partial charge in [0.2, 0.25) is 5.91 Å². The number of aryl methyl sites for hydroxylation is 1. The fraction of sp³-hybridized carbons (Fsp3) is 0.391. The van der Waals surface area contributed by atoms with Gasteiger partial charge in [-0.15, -0.1) is 11.3 Å². The van der Waals surface area contributed by atoms with Gasteiger partial charge in [0.15, 0.2) is 0 Å². The summed E-state index contributed by atoms with van der Waals surface area (Å²) in [5, 5.41) is 3.26. The van der Waals surface area contributed by atoms with Crippen molar-refractivity contribution in [2.75, 3.05) is 11.9 Å². The number of nitrogens with one attached hydrogen (secondary N) is 1. The van der Waals surface area contributed by atoms with Crippen LogP contribution in [0.3, 0.4) is 0 Å². The number of carbonyl (C=O) groups is 4. The molecule has 0 fully saturated rings. The number of hydrogen-bond donors (Lipinski definition) is 1. The highest BCUT2D eigenvalue weighted by atomic mass is 32.1. The summed E-state index contributed by atoms with van der Waals surface area (Å²) in [6, 6.07) is 5.56. The topological polar surface area (TPSA) is 92.8 Å². The van der Waals surface area contributed by atoms with Crippen molar-refractivity contribution in [3.8, 4) is 0 Å². The minimum absolute atomic E-state index is 0.237. The molecule has 2 heterocycles. The second-order valence-corrected chi connectivity index (χ2v) is 9.09. The molecule has 1 aliphatic heterocycles. The molecular formula is C23H24N2O5S. The van der Waals surface area contributed by atoms with Crippen LogP contribution in [0.15, 0.2) is 24.3 Å². The van der Waals surface area contributed by atoms with E-state index in [9.17, 15) is 19.2 Å². The van der Waals surface area contributed by atoms with Crippen LogP contribution >= 0.6 is 11.3 Å². The van der Waals surface area contributed by atoms with E-state index < -0.39 is 29.7 Å². The van der Waals surface area contributed by atoms with Crippen LogP contribution in [0.25, 0.3) is 0 Å². The Morgan fingerprint density at radius 3 is 2.35 bits per heavy atom. The molecule has 0 radical (unpaired) electrons. The Kier molecular flexibility index (Phi) is 5.66. The minimum atomic E-state index is -1.00. The average Bonchev–Trinajstić information content (AvgIpc) is 3.37. The second kappa shape index (κ2) is 8.26. The van der Waals surface area contributed by atoms with Crippen molar-refractivity contribution in [3.05, 3.63) is 51.4 Å². The quantitative estimate of drug-likeness (QED) is 0.546. The van der Waals surface area contributed by atoms with E-state index in [4.69, 9.17) is 4.74 Å². The summed E-state index contributed by atoms with van der Waals surface area (Å²) in [5.74, 6) is -2.23. The lowest BCUT2D eigenvalue weighted by atomic mass is 10.0. The van der Waals surface area contributed by atoms with Gasteiger partial charge in [0.1, 0.15) is 11.0 Å². The fourth-order valence-corrected chi connectivity index (χ4v) is 5.56. The highest BCUT2D eigenvalue weighted by Gasteiger charge is 2.44. The lowest BCUT2D eigenvalue weighted by molar-refractivity contribution is -0.121. The number of hydrogen-bond acceptors (Lipinski definition) is 6. The molecule has 0 unspecified atom stereocenters. The molecule has 0 bridgehead atoms. The number of imide groups is 1. The molecule has 162 valence electrons. The zero-order valence-corrected chi connectivity index (χ0v) is 18.5. The number of nitrogens with zero attached hydrogens (tertiary/aromatic N) is 1. The maximum absolute atomic E-state index is 13.3. The Hall–Kier alpha value is -3.00. The number of rotatable bonds is 6. The molecule has 0 saturated heterocycles. The van der Waals surface area contributed by atoms with Gasteiger partial charge < -0.3 is 10.1 Å². The van der Waals surface area contributed by atoms with E-state index in [1.54, 1.807) is 45.0 Å². The fourth-order valence-electron chi connectivity index (χ4n) is 4.28. The zero-order chi connectivity index (χ0) is 22.3. The molecule has 1 aromatic carbocycles. The third-order valence-electron chi connectivity index (χ3n) is 5.64. The van der Waals surface area contributed by atoms with Crippen molar-refractivity contribution in [2.45, 2.75) is 46.1 Å². The first-order chi connectivity index (χ1) is 14.8. The van der Waals surface area contributed by atoms with Crippen LogP contribution in [0.1, 0.15) is 68.7 Å². The third-order valence-corrected chi connectivity index (χ3v) is 6.85. The Morgan fingerprint density at radius 1 is 1.13 bits per heavy atom. The second-order valence-electron chi connectivity index (χ2n) is 7.99. The highest BCUT2D eigenvalue weighted by Crippen LogP contribution is 2.40. The van der Waals surface area contributed by atoms with Crippen LogP contribution in [-0.2, 0) is 22.4 Å². The Morgan fingerprint density at radius 2 is 1.77 bits per heavy atom. The van der Waals surface area contributed by atoms with E-state index in [-0.39, 0.29) is 12.5 Å². The van der Waals surface area contributed by atoms with Crippen LogP contribution in [0.2, 0.25) is 0 Å². The molecule has 1 aromatic heterocycles. The van der Waals surface area contributed by atoms with Crippen LogP contribution in [0, 0.1) is 5.92 Å². The molecule has 0 spiro atoms. The first-order valence-corrected chi connectivity index (χ1v) is 11.3. The van der Waals surface area contributed by atoms with Crippen LogP contribution in [-0.4, -0.2) is 41.2 Å². The van der Waals surface area contributed by atoms with E-state index in [1.165, 1.54) is 11.3 Å². The van der Waals surface area contributed by atoms with E-state index in [0.29, 0.717) is 21.7 Å². The Bertz CT molecular complexity index is 1050. The number of thiophene rings is 1. The van der Waals surface area contributed by atoms with Crippen molar-refractivity contribution in [1.29, 1.82) is 0 Å². The molecule has 1 aliphatic carbocycles. The number of esters is 1. The van der Waals surface area contributed by atoms with Gasteiger partial charge in [-0.1, -0.05) is 26.0 Å². The normalized spacial score (nSPS) is 15.8. The SMILES string of the molecule is CCOC(=O)c1c(NC(=O)[C@H](C(C)C)N2C(=O)c3ccccc3C2=O)sc2c1CCC2. The molecule has 4 rings (SSSR count). The maximum Gasteiger partial charge on any atom is 0.341 e. The van der Waals surface area contributed by atoms with Gasteiger partial charge in [0.25, 0.3) is 11.8 Å². The average molecular weight is 441 g/mol. The molecule has 0 saturated carbocycles. The summed E-state index contributed by atoms with van der Waals surface area (Å²) in [6.07, 6.45) is 2.58. The summed E-state index contributed by atoms with van der Waals surface area (Å²) in [5.41, 5.74) is 1.93. The number of benzene rings is 1. The largest absolute Gasteiger partial charge is 0.462 e. The smallest absolute Gasteiger partial charge is 0.341 e. The molecule has 8 heteroatoms. The molecule has 3 amide bonds. The number of ether oxygens (including phenoxy) is 1. The predicted octanol–water partition coefficient (Wildman–Crippen LogP) is 3.67. The molecular weight excluding hydrogens is 416 g/mol. The van der Waals surface area contributed by atoms with Gasteiger partial charge in [-0.2, -0.15) is 0 Å². The number of anilines is 1. The van der Waals surface area contributed by atoms with Gasteiger partial charge in [-0.05, 0) is 49.8 Å². The van der Waals surface area contributed by atoms with E-state index >= 15 is 0 Å². The zero-order valence-electron chi connectivity index (χ0n) is 17.7. The van der Waals surface area contributed by atoms with Gasteiger partial charge in [0.05, 0.1) is 23.3 Å². The van der Waals surface area contributed by atoms with E-state index in [1.807, 2.05) is 0 Å². The summed E-state index contributed by atoms with van der Waals surface area (Å²) in [6.45, 7) is 5.54. The molecule has 1 N–H and O–H groups in total. The Balaban J connectivity index is 1.66. The molecule has 1 atom stereocenters. The summed E-state index contributed by atoms with van der Waals surface area (Å²) < 4.78 is 5.22. The molecule has 7 nitrogen and oxygen atoms in total. The van der Waals surface area contributed by atoms with E-state index in [0.717, 1.165) is 34.6 Å². The van der Waals surface area contributed by atoms with Gasteiger partial charge in [0, 0.05) is 4.88 Å². The molecule has 31 heavy (non-hydrogen) atoms. The standard InChI is InChI=1S/C23H24N2O5S/c1-4-30-23(29)17-15-10-7-11-16(15)31-20(17)24-19(26)18(12(2)3)25-21(27)13-8-5-6-9-14(13)22(25)28/h5-6,8-9,12,18H,4,7,10-11H2,1-3H3,(H,24,26)/t18-/m0/s1. The maximum atomic E-state index is 13.3. The van der Waals surface area contributed by atoms with Crippen molar-refractivity contribution < 1.29 is 23.9 Å². The van der Waals surface area contributed by atoms with Gasteiger partial charge in [-0.25, -0.2) is 4.79 Å². The summed E-state index contributed by atoms with van der Waals surface area (Å²) in [7, 11) is 0.